The molecule has 0 radical (unpaired) electrons. The van der Waals surface area contributed by atoms with E-state index < -0.39 is 0 Å². The second kappa shape index (κ2) is 6.16. The van der Waals surface area contributed by atoms with Crippen LogP contribution in [-0.4, -0.2) is 37.1 Å². The number of hydrogen-bond donors (Lipinski definition) is 0. The molecule has 1 amide bonds. The maximum absolute atomic E-state index is 12.8. The van der Waals surface area contributed by atoms with Gasteiger partial charge in [-0.3, -0.25) is 4.79 Å². The highest BCUT2D eigenvalue weighted by atomic mass is 16.5. The minimum Gasteiger partial charge on any atom is -0.497 e. The van der Waals surface area contributed by atoms with E-state index in [1.54, 1.807) is 32.4 Å². The summed E-state index contributed by atoms with van der Waals surface area (Å²) in [5.74, 6) is 1.34. The Morgan fingerprint density at radius 2 is 1.55 bits per heavy atom. The summed E-state index contributed by atoms with van der Waals surface area (Å²) in [6.45, 7) is 4.23. The average Bonchev–Trinajstić information content (AvgIpc) is 2.46. The van der Waals surface area contributed by atoms with Gasteiger partial charge < -0.3 is 14.4 Å². The Hall–Kier alpha value is -1.71. The smallest absolute Gasteiger partial charge is 0.254 e. The SMILES string of the molecule is COc1cc(OC)cc(C(=O)N2C(C)CCCC2C)c1. The third kappa shape index (κ3) is 2.89. The van der Waals surface area contributed by atoms with Gasteiger partial charge in [-0.05, 0) is 45.2 Å². The maximum Gasteiger partial charge on any atom is 0.254 e. The lowest BCUT2D eigenvalue weighted by molar-refractivity contribution is 0.0510. The van der Waals surface area contributed by atoms with Crippen molar-refractivity contribution in [3.63, 3.8) is 0 Å². The van der Waals surface area contributed by atoms with Crippen LogP contribution in [0, 0.1) is 0 Å². The van der Waals surface area contributed by atoms with Crippen molar-refractivity contribution in [3.8, 4) is 11.5 Å². The molecular formula is C16H23NO3. The Bertz CT molecular complexity index is 454. The summed E-state index contributed by atoms with van der Waals surface area (Å²) in [5, 5.41) is 0. The lowest BCUT2D eigenvalue weighted by Gasteiger charge is -2.39. The number of hydrogen-bond acceptors (Lipinski definition) is 3. The van der Waals surface area contributed by atoms with Gasteiger partial charge in [0.05, 0.1) is 14.2 Å². The Labute approximate surface area is 120 Å². The van der Waals surface area contributed by atoms with Gasteiger partial charge in [0.1, 0.15) is 11.5 Å². The first-order valence-corrected chi connectivity index (χ1v) is 7.12. The second-order valence-electron chi connectivity index (χ2n) is 5.44. The highest BCUT2D eigenvalue weighted by Crippen LogP contribution is 2.28. The maximum atomic E-state index is 12.8. The minimum absolute atomic E-state index is 0.0573. The van der Waals surface area contributed by atoms with Crippen LogP contribution >= 0.6 is 0 Å². The molecule has 0 spiro atoms. The number of ether oxygens (including phenoxy) is 2. The Morgan fingerprint density at radius 3 is 2.00 bits per heavy atom. The number of benzene rings is 1. The molecule has 0 N–H and O–H groups in total. The van der Waals surface area contributed by atoms with E-state index in [0.29, 0.717) is 17.1 Å². The zero-order valence-corrected chi connectivity index (χ0v) is 12.7. The number of rotatable bonds is 3. The van der Waals surface area contributed by atoms with E-state index in [9.17, 15) is 4.79 Å². The quantitative estimate of drug-likeness (QED) is 0.852. The molecule has 110 valence electrons. The van der Waals surface area contributed by atoms with Gasteiger partial charge in [-0.1, -0.05) is 0 Å². The Kier molecular flexibility index (Phi) is 4.53. The highest BCUT2D eigenvalue weighted by Gasteiger charge is 2.30. The first kappa shape index (κ1) is 14.7. The number of carbonyl (C=O) groups excluding carboxylic acids is 1. The van der Waals surface area contributed by atoms with Crippen LogP contribution in [0.4, 0.5) is 0 Å². The van der Waals surface area contributed by atoms with Gasteiger partial charge in [0.2, 0.25) is 0 Å². The van der Waals surface area contributed by atoms with Crippen molar-refractivity contribution >= 4 is 5.91 Å². The van der Waals surface area contributed by atoms with Gasteiger partial charge in [-0.25, -0.2) is 0 Å². The summed E-state index contributed by atoms with van der Waals surface area (Å²) in [4.78, 5) is 14.8. The molecule has 4 nitrogen and oxygen atoms in total. The van der Waals surface area contributed by atoms with E-state index in [-0.39, 0.29) is 18.0 Å². The van der Waals surface area contributed by atoms with Gasteiger partial charge >= 0.3 is 0 Å². The van der Waals surface area contributed by atoms with E-state index in [0.717, 1.165) is 12.8 Å². The summed E-state index contributed by atoms with van der Waals surface area (Å²) in [6.07, 6.45) is 3.32. The van der Waals surface area contributed by atoms with Gasteiger partial charge in [0, 0.05) is 23.7 Å². The molecule has 0 bridgehead atoms. The molecule has 1 aliphatic rings. The topological polar surface area (TPSA) is 38.8 Å². The number of nitrogens with zero attached hydrogens (tertiary/aromatic N) is 1. The molecule has 2 atom stereocenters. The molecule has 0 aliphatic carbocycles. The number of piperidine rings is 1. The largest absolute Gasteiger partial charge is 0.497 e. The standard InChI is InChI=1S/C16H23NO3/c1-11-6-5-7-12(2)17(11)16(18)13-8-14(19-3)10-15(9-13)20-4/h8-12H,5-7H2,1-4H3. The van der Waals surface area contributed by atoms with E-state index >= 15 is 0 Å². The van der Waals surface area contributed by atoms with Crippen LogP contribution in [0.5, 0.6) is 11.5 Å². The molecule has 1 saturated heterocycles. The first-order chi connectivity index (χ1) is 9.56. The average molecular weight is 277 g/mol. The molecule has 1 fully saturated rings. The summed E-state index contributed by atoms with van der Waals surface area (Å²) < 4.78 is 10.5. The highest BCUT2D eigenvalue weighted by molar-refractivity contribution is 5.95. The van der Waals surface area contributed by atoms with Gasteiger partial charge in [-0.15, -0.1) is 0 Å². The van der Waals surface area contributed by atoms with Crippen molar-refractivity contribution < 1.29 is 14.3 Å². The van der Waals surface area contributed by atoms with E-state index in [4.69, 9.17) is 9.47 Å². The van der Waals surface area contributed by atoms with Gasteiger partial charge in [-0.2, -0.15) is 0 Å². The van der Waals surface area contributed by atoms with Crippen molar-refractivity contribution in [2.75, 3.05) is 14.2 Å². The van der Waals surface area contributed by atoms with Gasteiger partial charge in [0.25, 0.3) is 5.91 Å². The molecule has 4 heteroatoms. The van der Waals surface area contributed by atoms with E-state index in [2.05, 4.69) is 13.8 Å². The lowest BCUT2D eigenvalue weighted by Crippen LogP contribution is -2.47. The van der Waals surface area contributed by atoms with Crippen LogP contribution in [0.1, 0.15) is 43.5 Å². The summed E-state index contributed by atoms with van der Waals surface area (Å²) >= 11 is 0. The fraction of sp³-hybridized carbons (Fsp3) is 0.562. The lowest BCUT2D eigenvalue weighted by atomic mass is 9.96. The zero-order valence-electron chi connectivity index (χ0n) is 12.7. The summed E-state index contributed by atoms with van der Waals surface area (Å²) in [5.41, 5.74) is 0.627. The fourth-order valence-corrected chi connectivity index (χ4v) is 2.90. The molecule has 1 heterocycles. The van der Waals surface area contributed by atoms with Crippen LogP contribution in [0.3, 0.4) is 0 Å². The molecular weight excluding hydrogens is 254 g/mol. The number of methoxy groups -OCH3 is 2. The molecule has 2 rings (SSSR count). The third-order valence-electron chi connectivity index (χ3n) is 4.03. The van der Waals surface area contributed by atoms with Crippen LogP contribution in [0.25, 0.3) is 0 Å². The zero-order chi connectivity index (χ0) is 14.7. The van der Waals surface area contributed by atoms with Crippen LogP contribution in [0.2, 0.25) is 0 Å². The molecule has 1 aromatic rings. The molecule has 0 aromatic heterocycles. The Morgan fingerprint density at radius 1 is 1.05 bits per heavy atom. The molecule has 1 aromatic carbocycles. The molecule has 2 unspecified atom stereocenters. The van der Waals surface area contributed by atoms with E-state index in [1.165, 1.54) is 6.42 Å². The predicted octanol–water partition coefficient (Wildman–Crippen LogP) is 3.11. The Balaban J connectivity index is 2.32. The fourth-order valence-electron chi connectivity index (χ4n) is 2.90. The molecule has 0 saturated carbocycles. The number of amides is 1. The molecule has 20 heavy (non-hydrogen) atoms. The third-order valence-corrected chi connectivity index (χ3v) is 4.03. The van der Waals surface area contributed by atoms with Crippen molar-refractivity contribution in [3.05, 3.63) is 23.8 Å². The normalized spacial score (nSPS) is 22.5. The summed E-state index contributed by atoms with van der Waals surface area (Å²) in [7, 11) is 3.18. The number of carbonyl (C=O) groups is 1. The second-order valence-corrected chi connectivity index (χ2v) is 5.44. The van der Waals surface area contributed by atoms with Crippen molar-refractivity contribution in [2.24, 2.45) is 0 Å². The van der Waals surface area contributed by atoms with Crippen molar-refractivity contribution in [2.45, 2.75) is 45.2 Å². The van der Waals surface area contributed by atoms with Crippen molar-refractivity contribution in [1.29, 1.82) is 0 Å². The summed E-state index contributed by atoms with van der Waals surface area (Å²) in [6, 6.07) is 5.89. The monoisotopic (exact) mass is 277 g/mol. The van der Waals surface area contributed by atoms with E-state index in [1.807, 2.05) is 4.90 Å². The van der Waals surface area contributed by atoms with Crippen LogP contribution in [0.15, 0.2) is 18.2 Å². The van der Waals surface area contributed by atoms with Gasteiger partial charge in [0.15, 0.2) is 0 Å². The van der Waals surface area contributed by atoms with Crippen LogP contribution in [-0.2, 0) is 0 Å². The number of likely N-dealkylation sites (tertiary alicyclic amines) is 1. The minimum atomic E-state index is 0.0573. The van der Waals surface area contributed by atoms with Crippen molar-refractivity contribution in [1.82, 2.24) is 4.90 Å². The molecule has 1 aliphatic heterocycles. The van der Waals surface area contributed by atoms with Crippen LogP contribution < -0.4 is 9.47 Å². The predicted molar refractivity (Wildman–Crippen MR) is 78.5 cm³/mol. The first-order valence-electron chi connectivity index (χ1n) is 7.12.